The molecule has 13 heteroatoms. The van der Waals surface area contributed by atoms with Crippen LogP contribution >= 0.6 is 0 Å². The van der Waals surface area contributed by atoms with E-state index in [1.807, 2.05) is 0 Å². The Bertz CT molecular complexity index is 1120. The van der Waals surface area contributed by atoms with Crippen LogP contribution in [0.1, 0.15) is 0 Å². The number of hydrogen-bond acceptors (Lipinski definition) is 6. The van der Waals surface area contributed by atoms with E-state index >= 15 is 0 Å². The molecule has 0 saturated heterocycles. The van der Waals surface area contributed by atoms with E-state index in [2.05, 4.69) is 15.3 Å². The Morgan fingerprint density at radius 3 is 2.40 bits per heavy atom. The molecule has 25 heavy (non-hydrogen) atoms. The lowest BCUT2D eigenvalue weighted by atomic mass is 10.1. The van der Waals surface area contributed by atoms with Gasteiger partial charge in [0.2, 0.25) is 5.91 Å². The molecule has 0 aliphatic heterocycles. The van der Waals surface area contributed by atoms with Gasteiger partial charge < -0.3 is 5.32 Å². The lowest BCUT2D eigenvalue weighted by Crippen LogP contribution is -2.15. The van der Waals surface area contributed by atoms with E-state index in [0.717, 1.165) is 6.07 Å². The summed E-state index contributed by atoms with van der Waals surface area (Å²) in [5, 5.41) is 5.20. The Labute approximate surface area is 141 Å². The third-order valence-electron chi connectivity index (χ3n) is 3.04. The highest BCUT2D eigenvalue weighted by Gasteiger charge is 2.22. The molecule has 0 aromatic heterocycles. The summed E-state index contributed by atoms with van der Waals surface area (Å²) in [5.74, 6) is -0.759. The van der Waals surface area contributed by atoms with Crippen molar-refractivity contribution < 1.29 is 30.7 Å². The van der Waals surface area contributed by atoms with E-state index in [1.54, 1.807) is 0 Å². The summed E-state index contributed by atoms with van der Waals surface area (Å²) in [6, 6.07) is 5.55. The molecule has 0 saturated carbocycles. The molecule has 2 rings (SSSR count). The number of anilines is 1. The molecule has 2 aromatic rings. The molecule has 132 valence electrons. The van der Waals surface area contributed by atoms with Crippen molar-refractivity contribution in [1.82, 2.24) is 0 Å². The minimum absolute atomic E-state index is 0.0179. The highest BCUT2D eigenvalue weighted by atomic mass is 32.2. The van der Waals surface area contributed by atoms with Gasteiger partial charge in [-0.2, -0.15) is 16.8 Å². The monoisotopic (exact) mass is 386 g/mol. The summed E-state index contributed by atoms with van der Waals surface area (Å²) < 4.78 is 64.4. The lowest BCUT2D eigenvalue weighted by Gasteiger charge is -2.12. The predicted octanol–water partition coefficient (Wildman–Crippen LogP) is 1.58. The minimum Gasteiger partial charge on any atom is -0.325 e. The Hall–Kier alpha value is -2.70. The number of carbonyl (C=O) groups is 1. The first-order valence-corrected chi connectivity index (χ1v) is 9.24. The fourth-order valence-electron chi connectivity index (χ4n) is 2.10. The number of rotatable bonds is 5. The van der Waals surface area contributed by atoms with Gasteiger partial charge in [0.15, 0.2) is 0 Å². The third kappa shape index (κ3) is 4.23. The van der Waals surface area contributed by atoms with Crippen molar-refractivity contribution in [3.63, 3.8) is 0 Å². The maximum absolute atomic E-state index is 11.7. The normalized spacial score (nSPS) is 11.8. The lowest BCUT2D eigenvalue weighted by molar-refractivity contribution is -0.114. The van der Waals surface area contributed by atoms with Crippen molar-refractivity contribution >= 4 is 42.6 Å². The van der Waals surface area contributed by atoms with E-state index in [0.29, 0.717) is 6.07 Å². The Morgan fingerprint density at radius 2 is 1.84 bits per heavy atom. The number of benzene rings is 2. The molecule has 0 atom stereocenters. The van der Waals surface area contributed by atoms with Crippen LogP contribution in [0.3, 0.4) is 0 Å². The summed E-state index contributed by atoms with van der Waals surface area (Å²) >= 11 is 0. The van der Waals surface area contributed by atoms with Crippen LogP contribution in [-0.4, -0.2) is 38.4 Å². The third-order valence-corrected chi connectivity index (χ3v) is 4.75. The second-order valence-electron chi connectivity index (χ2n) is 4.71. The van der Waals surface area contributed by atoms with Crippen LogP contribution < -0.4 is 5.32 Å². The van der Waals surface area contributed by atoms with Crippen LogP contribution in [0.25, 0.3) is 21.2 Å². The topological polar surface area (TPSA) is 187 Å². The quantitative estimate of drug-likeness (QED) is 0.301. The van der Waals surface area contributed by atoms with Crippen LogP contribution in [0.4, 0.5) is 5.69 Å². The van der Waals surface area contributed by atoms with Crippen molar-refractivity contribution in [2.24, 2.45) is 5.11 Å². The molecule has 1 amide bonds. The molecule has 11 nitrogen and oxygen atoms in total. The zero-order valence-electron chi connectivity index (χ0n) is 12.2. The van der Waals surface area contributed by atoms with Crippen molar-refractivity contribution in [3.05, 3.63) is 40.8 Å². The summed E-state index contributed by atoms with van der Waals surface area (Å²) in [7, 11) is -9.64. The zero-order valence-corrected chi connectivity index (χ0v) is 13.8. The number of azide groups is 1. The fraction of sp³-hybridized carbons (Fsp3) is 0.0833. The summed E-state index contributed by atoms with van der Waals surface area (Å²) in [6.07, 6.45) is 0. The van der Waals surface area contributed by atoms with E-state index in [4.69, 9.17) is 10.1 Å². The van der Waals surface area contributed by atoms with Crippen molar-refractivity contribution in [3.8, 4) is 0 Å². The van der Waals surface area contributed by atoms with Gasteiger partial charge in [-0.05, 0) is 29.1 Å². The second-order valence-corrected chi connectivity index (χ2v) is 7.52. The van der Waals surface area contributed by atoms with Gasteiger partial charge in [-0.15, -0.1) is 0 Å². The van der Waals surface area contributed by atoms with E-state index < -0.39 is 42.5 Å². The van der Waals surface area contributed by atoms with Gasteiger partial charge >= 0.3 is 0 Å². The van der Waals surface area contributed by atoms with Crippen LogP contribution in [0, 0.1) is 0 Å². The standard InChI is InChI=1S/C12H10N4O7S2/c13-16-14-6-11(17)15-9-3-1-2-7-4-8(24(18,19)20)5-10(12(7)9)25(21,22)23/h1-5H,6H2,(H,15,17)(H,18,19,20)(H,21,22,23). The molecule has 2 aromatic carbocycles. The number of fused-ring (bicyclic) bond motifs is 1. The highest BCUT2D eigenvalue weighted by molar-refractivity contribution is 7.86. The zero-order chi connectivity index (χ0) is 18.8. The number of amides is 1. The molecule has 0 radical (unpaired) electrons. The molecule has 0 unspecified atom stereocenters. The van der Waals surface area contributed by atoms with Gasteiger partial charge in [0.25, 0.3) is 20.2 Å². The van der Waals surface area contributed by atoms with Crippen LogP contribution in [0.2, 0.25) is 0 Å². The van der Waals surface area contributed by atoms with Crippen molar-refractivity contribution in [2.45, 2.75) is 9.79 Å². The smallest absolute Gasteiger partial charge is 0.295 e. The Morgan fingerprint density at radius 1 is 1.16 bits per heavy atom. The first-order valence-electron chi connectivity index (χ1n) is 6.36. The predicted molar refractivity (Wildman–Crippen MR) is 86.2 cm³/mol. The molecule has 0 aliphatic rings. The van der Waals surface area contributed by atoms with Crippen molar-refractivity contribution in [1.29, 1.82) is 0 Å². The number of nitrogens with one attached hydrogen (secondary N) is 1. The molecule has 0 aliphatic carbocycles. The summed E-state index contributed by atoms with van der Waals surface area (Å²) in [5.41, 5.74) is 8.13. The van der Waals surface area contributed by atoms with Gasteiger partial charge in [0.05, 0.1) is 4.90 Å². The summed E-state index contributed by atoms with van der Waals surface area (Å²) in [6.45, 7) is -0.558. The van der Waals surface area contributed by atoms with Gasteiger partial charge in [-0.3, -0.25) is 13.9 Å². The summed E-state index contributed by atoms with van der Waals surface area (Å²) in [4.78, 5) is 12.5. The molecular formula is C12H10N4O7S2. The van der Waals surface area contributed by atoms with Crippen LogP contribution in [-0.2, 0) is 25.0 Å². The van der Waals surface area contributed by atoms with E-state index in [1.165, 1.54) is 18.2 Å². The average Bonchev–Trinajstić information content (AvgIpc) is 2.50. The largest absolute Gasteiger partial charge is 0.325 e. The number of hydrogen-bond donors (Lipinski definition) is 3. The molecule has 0 heterocycles. The average molecular weight is 386 g/mol. The highest BCUT2D eigenvalue weighted by Crippen LogP contribution is 2.32. The SMILES string of the molecule is [N-]=[N+]=NCC(=O)Nc1cccc2cc(S(=O)(=O)O)cc(S(=O)(=O)O)c12. The molecule has 0 spiro atoms. The van der Waals surface area contributed by atoms with Crippen LogP contribution in [0.5, 0.6) is 0 Å². The van der Waals surface area contributed by atoms with Crippen molar-refractivity contribution in [2.75, 3.05) is 11.9 Å². The molecular weight excluding hydrogens is 376 g/mol. The first-order chi connectivity index (χ1) is 11.5. The number of carbonyl (C=O) groups excluding carboxylic acids is 1. The molecule has 0 fully saturated rings. The van der Waals surface area contributed by atoms with Crippen LogP contribution in [0.15, 0.2) is 45.2 Å². The second kappa shape index (κ2) is 6.66. The minimum atomic E-state index is -4.90. The van der Waals surface area contributed by atoms with Gasteiger partial charge in [-0.25, -0.2) is 0 Å². The first kappa shape index (κ1) is 18.6. The van der Waals surface area contributed by atoms with E-state index in [-0.39, 0.29) is 16.5 Å². The maximum atomic E-state index is 11.7. The molecule has 3 N–H and O–H groups in total. The van der Waals surface area contributed by atoms with Gasteiger partial charge in [0, 0.05) is 16.0 Å². The van der Waals surface area contributed by atoms with E-state index in [9.17, 15) is 26.2 Å². The van der Waals surface area contributed by atoms with Gasteiger partial charge in [0.1, 0.15) is 11.4 Å². The van der Waals surface area contributed by atoms with Gasteiger partial charge in [-0.1, -0.05) is 17.2 Å². The Balaban J connectivity index is 2.78. The maximum Gasteiger partial charge on any atom is 0.295 e. The number of nitrogens with zero attached hydrogens (tertiary/aromatic N) is 3. The molecule has 0 bridgehead atoms. The Kier molecular flexibility index (Phi) is 4.97. The fourth-order valence-corrected chi connectivity index (χ4v) is 3.48.